The zero-order chi connectivity index (χ0) is 14.3. The number of fused-ring (bicyclic) bond motifs is 1. The number of aromatic nitrogens is 3. The summed E-state index contributed by atoms with van der Waals surface area (Å²) in [6.45, 7) is 0. The first kappa shape index (κ1) is 12.5. The second-order valence-corrected chi connectivity index (χ2v) is 4.18. The first-order valence-electron chi connectivity index (χ1n) is 5.68. The van der Waals surface area contributed by atoms with Crippen LogP contribution in [0.1, 0.15) is 5.56 Å². The molecule has 1 N–H and O–H groups in total. The molecule has 3 aromatic rings. The first-order valence-corrected chi connectivity index (χ1v) is 5.68. The number of nitrogens with zero attached hydrogens (tertiary/aromatic N) is 3. The highest BCUT2D eigenvalue weighted by Gasteiger charge is 2.31. The Labute approximate surface area is 111 Å². The van der Waals surface area contributed by atoms with Crippen molar-refractivity contribution in [3.05, 3.63) is 48.0 Å². The van der Waals surface area contributed by atoms with Crippen LogP contribution in [-0.4, -0.2) is 20.1 Å². The van der Waals surface area contributed by atoms with Crippen LogP contribution in [0.3, 0.4) is 0 Å². The molecule has 1 heterocycles. The van der Waals surface area contributed by atoms with Crippen LogP contribution in [-0.2, 0) is 6.18 Å². The number of hydrogen-bond acceptors (Lipinski definition) is 3. The SMILES string of the molecule is Oc1cc(C(F)(F)F)ccc1-n1nc2ccccc2n1. The maximum atomic E-state index is 12.5. The number of benzene rings is 2. The number of halogens is 3. The van der Waals surface area contributed by atoms with Crippen molar-refractivity contribution in [2.45, 2.75) is 6.18 Å². The van der Waals surface area contributed by atoms with Crippen molar-refractivity contribution >= 4 is 11.0 Å². The van der Waals surface area contributed by atoms with Gasteiger partial charge in [-0.3, -0.25) is 0 Å². The van der Waals surface area contributed by atoms with E-state index in [0.29, 0.717) is 17.1 Å². The standard InChI is InChI=1S/C13H8F3N3O/c14-13(15,16)8-5-6-11(12(20)7-8)19-17-9-3-1-2-4-10(9)18-19/h1-7,20H. The van der Waals surface area contributed by atoms with Crippen molar-refractivity contribution < 1.29 is 18.3 Å². The van der Waals surface area contributed by atoms with E-state index in [0.717, 1.165) is 16.9 Å². The first-order chi connectivity index (χ1) is 9.45. The molecule has 0 saturated carbocycles. The molecule has 0 saturated heterocycles. The van der Waals surface area contributed by atoms with E-state index < -0.39 is 17.5 Å². The molecule has 7 heteroatoms. The van der Waals surface area contributed by atoms with Gasteiger partial charge in [0.2, 0.25) is 0 Å². The van der Waals surface area contributed by atoms with Gasteiger partial charge in [-0.2, -0.15) is 13.2 Å². The monoisotopic (exact) mass is 279 g/mol. The minimum atomic E-state index is -4.50. The summed E-state index contributed by atoms with van der Waals surface area (Å²) in [6.07, 6.45) is -4.50. The summed E-state index contributed by atoms with van der Waals surface area (Å²) >= 11 is 0. The van der Waals surface area contributed by atoms with E-state index in [1.54, 1.807) is 24.3 Å². The molecule has 0 atom stereocenters. The van der Waals surface area contributed by atoms with E-state index in [-0.39, 0.29) is 5.69 Å². The molecule has 20 heavy (non-hydrogen) atoms. The molecule has 0 radical (unpaired) electrons. The van der Waals surface area contributed by atoms with E-state index >= 15 is 0 Å². The van der Waals surface area contributed by atoms with Crippen LogP contribution in [0.15, 0.2) is 42.5 Å². The topological polar surface area (TPSA) is 50.9 Å². The third kappa shape index (κ3) is 2.07. The predicted octanol–water partition coefficient (Wildman–Crippen LogP) is 3.14. The van der Waals surface area contributed by atoms with E-state index in [1.165, 1.54) is 0 Å². The van der Waals surface area contributed by atoms with Crippen LogP contribution in [0, 0.1) is 0 Å². The Kier molecular flexibility index (Phi) is 2.63. The molecule has 3 rings (SSSR count). The normalized spacial score (nSPS) is 11.9. The van der Waals surface area contributed by atoms with Gasteiger partial charge in [-0.25, -0.2) is 0 Å². The molecule has 0 aliphatic carbocycles. The van der Waals surface area contributed by atoms with Crippen LogP contribution in [0.2, 0.25) is 0 Å². The van der Waals surface area contributed by atoms with Gasteiger partial charge in [-0.1, -0.05) is 12.1 Å². The fraction of sp³-hybridized carbons (Fsp3) is 0.0769. The Bertz CT molecular complexity index is 747. The smallest absolute Gasteiger partial charge is 0.416 e. The number of hydrogen-bond donors (Lipinski definition) is 1. The van der Waals surface area contributed by atoms with Crippen molar-refractivity contribution in [3.8, 4) is 11.4 Å². The zero-order valence-electron chi connectivity index (χ0n) is 9.96. The minimum absolute atomic E-state index is 0.0919. The van der Waals surface area contributed by atoms with Crippen LogP contribution in [0.25, 0.3) is 16.7 Å². The van der Waals surface area contributed by atoms with Gasteiger partial charge < -0.3 is 5.11 Å². The van der Waals surface area contributed by atoms with Gasteiger partial charge in [0, 0.05) is 0 Å². The average Bonchev–Trinajstić information content (AvgIpc) is 2.80. The summed E-state index contributed by atoms with van der Waals surface area (Å²) in [4.78, 5) is 1.11. The molecule has 4 nitrogen and oxygen atoms in total. The number of phenolic OH excluding ortho intramolecular Hbond substituents is 1. The summed E-state index contributed by atoms with van der Waals surface area (Å²) in [5.41, 5.74) is 0.350. The second kappa shape index (κ2) is 4.22. The molecule has 0 bridgehead atoms. The summed E-state index contributed by atoms with van der Waals surface area (Å²) in [5.74, 6) is -0.528. The van der Waals surface area contributed by atoms with Crippen molar-refractivity contribution in [2.24, 2.45) is 0 Å². The maximum absolute atomic E-state index is 12.5. The van der Waals surface area contributed by atoms with Crippen LogP contribution >= 0.6 is 0 Å². The highest BCUT2D eigenvalue weighted by atomic mass is 19.4. The lowest BCUT2D eigenvalue weighted by Crippen LogP contribution is -2.06. The number of aromatic hydroxyl groups is 1. The summed E-state index contributed by atoms with van der Waals surface area (Å²) in [6, 6.07) is 9.66. The minimum Gasteiger partial charge on any atom is -0.506 e. The molecule has 0 unspecified atom stereocenters. The molecule has 1 aromatic heterocycles. The molecular weight excluding hydrogens is 271 g/mol. The van der Waals surface area contributed by atoms with Gasteiger partial charge in [0.1, 0.15) is 22.5 Å². The summed E-state index contributed by atoms with van der Waals surface area (Å²) in [5, 5.41) is 17.9. The summed E-state index contributed by atoms with van der Waals surface area (Å²) < 4.78 is 37.6. The number of rotatable bonds is 1. The van der Waals surface area contributed by atoms with Gasteiger partial charge in [-0.05, 0) is 30.3 Å². The van der Waals surface area contributed by atoms with Crippen molar-refractivity contribution in [3.63, 3.8) is 0 Å². The van der Waals surface area contributed by atoms with Gasteiger partial charge in [0.25, 0.3) is 0 Å². The van der Waals surface area contributed by atoms with Crippen LogP contribution in [0.5, 0.6) is 5.75 Å². The van der Waals surface area contributed by atoms with E-state index in [2.05, 4.69) is 10.2 Å². The lowest BCUT2D eigenvalue weighted by atomic mass is 10.2. The third-order valence-electron chi connectivity index (χ3n) is 2.80. The highest BCUT2D eigenvalue weighted by Crippen LogP contribution is 2.33. The quantitative estimate of drug-likeness (QED) is 0.744. The third-order valence-corrected chi connectivity index (χ3v) is 2.80. The molecule has 0 spiro atoms. The molecule has 2 aromatic carbocycles. The Morgan fingerprint density at radius 3 is 2.05 bits per heavy atom. The Morgan fingerprint density at radius 1 is 0.950 bits per heavy atom. The van der Waals surface area contributed by atoms with Crippen molar-refractivity contribution in [1.82, 2.24) is 15.0 Å². The van der Waals surface area contributed by atoms with E-state index in [1.807, 2.05) is 0 Å². The van der Waals surface area contributed by atoms with Crippen LogP contribution in [0.4, 0.5) is 13.2 Å². The lowest BCUT2D eigenvalue weighted by molar-refractivity contribution is -0.137. The molecule has 0 aliphatic heterocycles. The van der Waals surface area contributed by atoms with E-state index in [9.17, 15) is 18.3 Å². The maximum Gasteiger partial charge on any atom is 0.416 e. The Hall–Kier alpha value is -2.57. The van der Waals surface area contributed by atoms with Crippen molar-refractivity contribution in [2.75, 3.05) is 0 Å². The molecule has 0 aliphatic rings. The Balaban J connectivity index is 2.10. The second-order valence-electron chi connectivity index (χ2n) is 4.18. The predicted molar refractivity (Wildman–Crippen MR) is 65.5 cm³/mol. The van der Waals surface area contributed by atoms with Gasteiger partial charge >= 0.3 is 6.18 Å². The van der Waals surface area contributed by atoms with Gasteiger partial charge in [0.15, 0.2) is 0 Å². The van der Waals surface area contributed by atoms with Gasteiger partial charge in [-0.15, -0.1) is 15.0 Å². The Morgan fingerprint density at radius 2 is 1.55 bits per heavy atom. The zero-order valence-corrected chi connectivity index (χ0v) is 9.96. The molecule has 0 amide bonds. The fourth-order valence-corrected chi connectivity index (χ4v) is 1.84. The highest BCUT2D eigenvalue weighted by molar-refractivity contribution is 5.73. The molecule has 102 valence electrons. The lowest BCUT2D eigenvalue weighted by Gasteiger charge is -2.09. The summed E-state index contributed by atoms with van der Waals surface area (Å²) in [7, 11) is 0. The molecule has 0 fully saturated rings. The van der Waals surface area contributed by atoms with Gasteiger partial charge in [0.05, 0.1) is 5.56 Å². The number of alkyl halides is 3. The number of phenols is 1. The largest absolute Gasteiger partial charge is 0.506 e. The fourth-order valence-electron chi connectivity index (χ4n) is 1.84. The van der Waals surface area contributed by atoms with E-state index in [4.69, 9.17) is 0 Å². The average molecular weight is 279 g/mol. The van der Waals surface area contributed by atoms with Crippen LogP contribution < -0.4 is 0 Å². The van der Waals surface area contributed by atoms with Crippen molar-refractivity contribution in [1.29, 1.82) is 0 Å². The molecular formula is C13H8F3N3O.